The molecule has 10 rings (SSSR count). The van der Waals surface area contributed by atoms with Gasteiger partial charge in [-0.05, 0) is 159 Å². The van der Waals surface area contributed by atoms with Gasteiger partial charge in [0.15, 0.2) is 16.6 Å². The number of aromatic nitrogens is 4. The maximum absolute atomic E-state index is 13.9. The number of nitrogens with two attached hydrogens (primary N) is 1. The van der Waals surface area contributed by atoms with Crippen molar-refractivity contribution >= 4 is 103 Å². The zero-order valence-electron chi connectivity index (χ0n) is 58.4. The van der Waals surface area contributed by atoms with E-state index >= 15 is 0 Å². The summed E-state index contributed by atoms with van der Waals surface area (Å²) in [5.74, 6) is -5.32. The third-order valence-electron chi connectivity index (χ3n) is 19.5. The van der Waals surface area contributed by atoms with E-state index in [4.69, 9.17) is 25.3 Å². The van der Waals surface area contributed by atoms with Crippen LogP contribution >= 0.6 is 11.3 Å². The van der Waals surface area contributed by atoms with Crippen molar-refractivity contribution in [2.45, 2.75) is 150 Å². The van der Waals surface area contributed by atoms with Gasteiger partial charge >= 0.3 is 24.1 Å². The molecule has 26 heteroatoms. The second-order valence-corrected chi connectivity index (χ2v) is 29.5. The van der Waals surface area contributed by atoms with Crippen molar-refractivity contribution in [2.24, 2.45) is 34.3 Å². The average molecular weight is 1410 g/mol. The van der Waals surface area contributed by atoms with Crippen molar-refractivity contribution in [1.82, 2.24) is 40.2 Å². The summed E-state index contributed by atoms with van der Waals surface area (Å²) in [7, 11) is 0. The predicted molar refractivity (Wildman–Crippen MR) is 385 cm³/mol. The third kappa shape index (κ3) is 18.8. The number of anilines is 2. The lowest BCUT2D eigenvalue weighted by molar-refractivity contribution is -0.163. The molecule has 4 heterocycles. The Labute approximate surface area is 595 Å². The monoisotopic (exact) mass is 1410 g/mol. The molecule has 6 atom stereocenters. The van der Waals surface area contributed by atoms with Crippen LogP contribution in [-0.2, 0) is 51.4 Å². The topological polar surface area (TPSA) is 354 Å². The quantitative estimate of drug-likeness (QED) is 0.0148. The lowest BCUT2D eigenvalue weighted by atomic mass is 9.50. The van der Waals surface area contributed by atoms with Crippen LogP contribution in [0.15, 0.2) is 115 Å². The number of carbonyl (C=O) groups excluding carboxylic acids is 8. The Morgan fingerprint density at radius 3 is 2.30 bits per heavy atom. The van der Waals surface area contributed by atoms with Crippen LogP contribution in [0.4, 0.5) is 20.4 Å². The normalized spacial score (nSPS) is 19.2. The van der Waals surface area contributed by atoms with Gasteiger partial charge in [-0.3, -0.25) is 48.5 Å². The number of para-hydroxylation sites is 1. The molecular weight excluding hydrogens is 1320 g/mol. The van der Waals surface area contributed by atoms with E-state index in [0.717, 1.165) is 51.9 Å². The Bertz CT molecular complexity index is 4310. The molecule has 7 aromatic rings. The highest BCUT2D eigenvalue weighted by atomic mass is 32.1. The average Bonchev–Trinajstić information content (AvgIpc) is 0.879. The number of nitrogens with one attached hydrogen (secondary N) is 4. The van der Waals surface area contributed by atoms with Crippen LogP contribution in [0.5, 0.6) is 0 Å². The van der Waals surface area contributed by atoms with E-state index < -0.39 is 47.5 Å². The van der Waals surface area contributed by atoms with Crippen LogP contribution in [0.2, 0.25) is 0 Å². The van der Waals surface area contributed by atoms with Crippen LogP contribution in [-0.4, -0.2) is 144 Å². The molecule has 2 saturated carbocycles. The summed E-state index contributed by atoms with van der Waals surface area (Å²) in [4.78, 5) is 141. The molecule has 3 aliphatic rings. The molecule has 1 aliphatic heterocycles. The number of aliphatic carboxylic acids is 1. The highest BCUT2D eigenvalue weighted by Gasteiger charge is 2.55. The maximum Gasteiger partial charge on any atom is 0.410 e. The number of fused-ring (bicyclic) bond motifs is 4. The van der Waals surface area contributed by atoms with Gasteiger partial charge in [0.25, 0.3) is 17.7 Å². The summed E-state index contributed by atoms with van der Waals surface area (Å²) in [6.45, 7) is 12.9. The molecule has 0 spiro atoms. The van der Waals surface area contributed by atoms with Gasteiger partial charge in [-0.25, -0.2) is 24.4 Å². The number of hydrogen-bond donors (Lipinski definition) is 7. The van der Waals surface area contributed by atoms with Crippen molar-refractivity contribution in [3.8, 4) is 22.4 Å². The smallest absolute Gasteiger partial charge is 0.410 e. The molecule has 4 unspecified atom stereocenters. The molecule has 2 fully saturated rings. The number of carboxylic acid groups (broad SMARTS) is 2. The van der Waals surface area contributed by atoms with E-state index in [9.17, 15) is 58.2 Å². The number of carbonyl (C=O) groups is 10. The molecule has 0 radical (unpaired) electrons. The van der Waals surface area contributed by atoms with Crippen molar-refractivity contribution in [2.75, 3.05) is 43.4 Å². The standard InChI is InChI=1S/C76H89N11O14S/c1-46(2)66(83-62(89)19-8-7-11-32-86-63(90)28-29-64(86)91)60(88)37-52(15-13-31-78-71(77)98)68(94)80-53-24-20-49(21-25-53)41-100-73(99)85(33-30-65(92)93)34-35-101-75(6)42-74(5)38-47(3)39-76(43-74,44-75)45-87-48(4)57(40-79-87)54-26-27-58(81-67(54)70(96)97)51-23-22-50-14-12-16-55(56(50)36-51)69(95)84-72-82-59-17-9-10-18-61(59)102-72/h9-10,12,14,16-18,20-29,36,40,46-47,52,66H,7-8,11,13,15,19,30-35,37-39,41-45H2,1-6H3,(H,80,94)(H,83,89)(H,92,93)(H,96,97)(H3,77,78,98)(H,82,84,95)/t47?,52-,66+,74?,75?,76?/m1/s1. The minimum absolute atomic E-state index is 0.0394. The molecule has 2 aliphatic carbocycles. The van der Waals surface area contributed by atoms with Gasteiger partial charge < -0.3 is 46.3 Å². The van der Waals surface area contributed by atoms with Crippen molar-refractivity contribution in [3.05, 3.63) is 138 Å². The first-order valence-electron chi connectivity index (χ1n) is 34.7. The highest BCUT2D eigenvalue weighted by molar-refractivity contribution is 7.22. The number of urea groups is 1. The number of Topliss-reactive ketones (excluding diaryl/α,β-unsaturated/α-hetero) is 1. The molecule has 2 bridgehead atoms. The Hall–Kier alpha value is -10.2. The number of aromatic carboxylic acids is 1. The molecule has 8 amide bonds. The number of thiazole rings is 1. The Balaban J connectivity index is 0.747. The fraction of sp³-hybridized carbons (Fsp3) is 0.434. The maximum atomic E-state index is 13.9. The van der Waals surface area contributed by atoms with Gasteiger partial charge in [-0.2, -0.15) is 5.10 Å². The van der Waals surface area contributed by atoms with Gasteiger partial charge in [0, 0.05) is 97.3 Å². The Kier molecular flexibility index (Phi) is 23.8. The van der Waals surface area contributed by atoms with E-state index in [-0.39, 0.29) is 117 Å². The molecule has 4 aromatic carbocycles. The molecule has 538 valence electrons. The zero-order chi connectivity index (χ0) is 73.0. The lowest BCUT2D eigenvalue weighted by Crippen LogP contribution is -2.54. The van der Waals surface area contributed by atoms with Crippen LogP contribution in [0.3, 0.4) is 0 Å². The van der Waals surface area contributed by atoms with Crippen molar-refractivity contribution in [3.63, 3.8) is 0 Å². The summed E-state index contributed by atoms with van der Waals surface area (Å²) in [6, 6.07) is 27.2. The number of ether oxygens (including phenoxy) is 2. The molecule has 102 heavy (non-hydrogen) atoms. The number of nitrogens with zero attached hydrogens (tertiary/aromatic N) is 6. The number of imide groups is 1. The van der Waals surface area contributed by atoms with Crippen LogP contribution < -0.4 is 27.0 Å². The lowest BCUT2D eigenvalue weighted by Gasteiger charge is -2.59. The molecule has 3 aromatic heterocycles. The zero-order valence-corrected chi connectivity index (χ0v) is 59.2. The largest absolute Gasteiger partial charge is 0.481 e. The van der Waals surface area contributed by atoms with Crippen LogP contribution in [0.1, 0.15) is 150 Å². The SMILES string of the molecule is Cc1c(-c2ccc(-c3ccc4cccc(C(=O)Nc5nc6ccccc6s5)c4c3)nc2C(=O)O)cnn1CC12CC(C)CC(C)(C1)CC(C)(OCCN(CCC(=O)O)C(=O)OCc1ccc(NC(=O)[C@H](CCCNC(N)=O)CC(=O)[C@@H](NC(=O)CCCCCN3C(=O)C=CC3=O)C(C)C)cc1)C2. The minimum Gasteiger partial charge on any atom is -0.481 e. The van der Waals surface area contributed by atoms with Gasteiger partial charge in [0.2, 0.25) is 11.8 Å². The van der Waals surface area contributed by atoms with Gasteiger partial charge in [0.05, 0.1) is 46.8 Å². The number of amides is 8. The number of carboxylic acids is 2. The van der Waals surface area contributed by atoms with E-state index in [2.05, 4.69) is 47.0 Å². The van der Waals surface area contributed by atoms with Gasteiger partial charge in [0.1, 0.15) is 6.61 Å². The minimum atomic E-state index is -1.21. The molecule has 25 nitrogen and oxygen atoms in total. The summed E-state index contributed by atoms with van der Waals surface area (Å²) >= 11 is 1.38. The Morgan fingerprint density at radius 2 is 1.58 bits per heavy atom. The molecule has 8 N–H and O–H groups in total. The van der Waals surface area contributed by atoms with Crippen LogP contribution in [0, 0.1) is 35.5 Å². The highest BCUT2D eigenvalue weighted by Crippen LogP contribution is 2.61. The second-order valence-electron chi connectivity index (χ2n) is 28.5. The predicted octanol–water partition coefficient (Wildman–Crippen LogP) is 11.7. The summed E-state index contributed by atoms with van der Waals surface area (Å²) < 4.78 is 15.5. The molecule has 0 saturated heterocycles. The fourth-order valence-corrected chi connectivity index (χ4v) is 16.4. The van der Waals surface area contributed by atoms with Crippen molar-refractivity contribution in [1.29, 1.82) is 0 Å². The van der Waals surface area contributed by atoms with E-state index in [1.54, 1.807) is 62.5 Å². The number of pyridine rings is 1. The second kappa shape index (κ2) is 32.6. The van der Waals surface area contributed by atoms with Crippen LogP contribution in [0.25, 0.3) is 43.4 Å². The van der Waals surface area contributed by atoms with E-state index in [1.165, 1.54) is 28.4 Å². The number of benzene rings is 4. The number of hydrogen-bond acceptors (Lipinski definition) is 16. The molecular formula is C76H89N11O14S. The number of unbranched alkanes of at least 4 members (excludes halogenated alkanes) is 2. The first-order chi connectivity index (χ1) is 48.6. The summed E-state index contributed by atoms with van der Waals surface area (Å²) in [5.41, 5.74) is 9.07. The summed E-state index contributed by atoms with van der Waals surface area (Å²) in [6.07, 6.45) is 9.18. The summed E-state index contributed by atoms with van der Waals surface area (Å²) in [5, 5.41) is 38.5. The Morgan fingerprint density at radius 1 is 0.814 bits per heavy atom. The third-order valence-corrected chi connectivity index (χ3v) is 20.5. The number of rotatable bonds is 33. The van der Waals surface area contributed by atoms with Gasteiger partial charge in [-0.15, -0.1) is 0 Å². The fourth-order valence-electron chi connectivity index (χ4n) is 15.5. The number of ketones is 1. The first-order valence-corrected chi connectivity index (χ1v) is 35.5. The van der Waals surface area contributed by atoms with E-state index in [1.807, 2.05) is 66.2 Å². The van der Waals surface area contributed by atoms with Gasteiger partial charge in [-0.1, -0.05) is 94.0 Å². The first kappa shape index (κ1) is 74.5. The number of primary amides is 1. The van der Waals surface area contributed by atoms with Crippen molar-refractivity contribution < 1.29 is 67.6 Å². The van der Waals surface area contributed by atoms with E-state index in [0.29, 0.717) is 94.3 Å².